The number of hydrogen-bond donors (Lipinski definition) is 2. The quantitative estimate of drug-likeness (QED) is 0.825. The molecule has 0 bridgehead atoms. The van der Waals surface area contributed by atoms with E-state index in [9.17, 15) is 8.42 Å². The summed E-state index contributed by atoms with van der Waals surface area (Å²) in [5.41, 5.74) is 5.74. The molecule has 0 aromatic carbocycles. The van der Waals surface area contributed by atoms with Crippen LogP contribution in [0.3, 0.4) is 0 Å². The van der Waals surface area contributed by atoms with Gasteiger partial charge in [0.15, 0.2) is 0 Å². The normalized spacial score (nSPS) is 37.0. The van der Waals surface area contributed by atoms with Gasteiger partial charge in [-0.2, -0.15) is 17.4 Å². The van der Waals surface area contributed by atoms with Crippen LogP contribution in [-0.4, -0.2) is 37.9 Å². The summed E-state index contributed by atoms with van der Waals surface area (Å²) >= 11 is 0. The lowest BCUT2D eigenvalue weighted by Gasteiger charge is -2.38. The van der Waals surface area contributed by atoms with Crippen LogP contribution in [0.2, 0.25) is 0 Å². The van der Waals surface area contributed by atoms with Crippen molar-refractivity contribution in [3.8, 4) is 0 Å². The minimum Gasteiger partial charge on any atom is -0.329 e. The number of nitrogens with one attached hydrogen (secondary N) is 1. The van der Waals surface area contributed by atoms with Crippen molar-refractivity contribution < 1.29 is 8.42 Å². The van der Waals surface area contributed by atoms with E-state index in [0.29, 0.717) is 24.9 Å². The fraction of sp³-hybridized carbons (Fsp3) is 1.00. The second kappa shape index (κ2) is 6.73. The third-order valence-electron chi connectivity index (χ3n) is 5.16. The average molecular weight is 303 g/mol. The molecule has 1 aliphatic heterocycles. The maximum Gasteiger partial charge on any atom is 0.280 e. The van der Waals surface area contributed by atoms with Crippen LogP contribution in [0.1, 0.15) is 52.4 Å². The molecule has 0 aromatic rings. The van der Waals surface area contributed by atoms with Crippen LogP contribution >= 0.6 is 0 Å². The third-order valence-corrected chi connectivity index (χ3v) is 6.86. The first kappa shape index (κ1) is 16.2. The lowest BCUT2D eigenvalue weighted by atomic mass is 9.78. The van der Waals surface area contributed by atoms with Gasteiger partial charge in [0.05, 0.1) is 0 Å². The van der Waals surface area contributed by atoms with Crippen molar-refractivity contribution in [1.29, 1.82) is 0 Å². The van der Waals surface area contributed by atoms with Gasteiger partial charge >= 0.3 is 0 Å². The van der Waals surface area contributed by atoms with Gasteiger partial charge in [-0.1, -0.05) is 33.1 Å². The van der Waals surface area contributed by atoms with Gasteiger partial charge in [-0.3, -0.25) is 0 Å². The topological polar surface area (TPSA) is 75.4 Å². The van der Waals surface area contributed by atoms with Gasteiger partial charge in [-0.05, 0) is 31.1 Å². The molecule has 0 aromatic heterocycles. The number of rotatable bonds is 4. The molecule has 6 heteroatoms. The molecule has 1 saturated heterocycles. The highest BCUT2D eigenvalue weighted by Gasteiger charge is 2.36. The Bertz CT molecular complexity index is 413. The van der Waals surface area contributed by atoms with Crippen LogP contribution in [0.4, 0.5) is 0 Å². The highest BCUT2D eigenvalue weighted by molar-refractivity contribution is 7.87. The van der Waals surface area contributed by atoms with E-state index in [1.54, 1.807) is 4.31 Å². The van der Waals surface area contributed by atoms with Crippen LogP contribution < -0.4 is 10.5 Å². The Morgan fingerprint density at radius 1 is 1.15 bits per heavy atom. The van der Waals surface area contributed by atoms with Gasteiger partial charge in [-0.15, -0.1) is 0 Å². The molecule has 1 heterocycles. The summed E-state index contributed by atoms with van der Waals surface area (Å²) < 4.78 is 29.8. The fourth-order valence-electron chi connectivity index (χ4n) is 3.53. The Hall–Kier alpha value is -0.170. The van der Waals surface area contributed by atoms with Crippen molar-refractivity contribution in [1.82, 2.24) is 9.03 Å². The number of hydrogen-bond acceptors (Lipinski definition) is 3. The molecule has 4 atom stereocenters. The summed E-state index contributed by atoms with van der Waals surface area (Å²) in [4.78, 5) is 0. The fourth-order valence-corrected chi connectivity index (χ4v) is 5.34. The molecule has 20 heavy (non-hydrogen) atoms. The number of nitrogens with two attached hydrogens (primary N) is 1. The lowest BCUT2D eigenvalue weighted by Crippen LogP contribution is -2.55. The van der Waals surface area contributed by atoms with E-state index in [1.807, 2.05) is 0 Å². The Morgan fingerprint density at radius 3 is 2.60 bits per heavy atom. The van der Waals surface area contributed by atoms with Crippen molar-refractivity contribution in [2.75, 3.05) is 13.1 Å². The van der Waals surface area contributed by atoms with E-state index in [-0.39, 0.29) is 12.1 Å². The SMILES string of the molecule is CC1CCCC(NS(=O)(=O)N2CCCCC2CN)C1C. The first-order chi connectivity index (χ1) is 9.45. The Labute approximate surface area is 123 Å². The largest absolute Gasteiger partial charge is 0.329 e. The first-order valence-electron chi connectivity index (χ1n) is 7.95. The van der Waals surface area contributed by atoms with E-state index in [0.717, 1.165) is 32.1 Å². The van der Waals surface area contributed by atoms with Crippen molar-refractivity contribution in [3.05, 3.63) is 0 Å². The first-order valence-corrected chi connectivity index (χ1v) is 9.39. The van der Waals surface area contributed by atoms with Crippen LogP contribution in [0, 0.1) is 11.8 Å². The summed E-state index contributed by atoms with van der Waals surface area (Å²) in [7, 11) is -3.40. The van der Waals surface area contributed by atoms with Gasteiger partial charge in [-0.25, -0.2) is 0 Å². The summed E-state index contributed by atoms with van der Waals surface area (Å²) in [6, 6.07) is 0.0432. The zero-order chi connectivity index (χ0) is 14.8. The van der Waals surface area contributed by atoms with Gasteiger partial charge in [0.25, 0.3) is 10.2 Å². The molecule has 3 N–H and O–H groups in total. The Morgan fingerprint density at radius 2 is 1.90 bits per heavy atom. The predicted molar refractivity (Wildman–Crippen MR) is 81.4 cm³/mol. The Kier molecular flexibility index (Phi) is 5.45. The van der Waals surface area contributed by atoms with Crippen LogP contribution in [0.5, 0.6) is 0 Å². The van der Waals surface area contributed by atoms with Gasteiger partial charge < -0.3 is 5.73 Å². The van der Waals surface area contributed by atoms with Crippen LogP contribution in [0.15, 0.2) is 0 Å². The van der Waals surface area contributed by atoms with Crippen molar-refractivity contribution in [2.45, 2.75) is 64.5 Å². The molecule has 5 nitrogen and oxygen atoms in total. The molecule has 2 fully saturated rings. The van der Waals surface area contributed by atoms with Crippen molar-refractivity contribution >= 4 is 10.2 Å². The smallest absolute Gasteiger partial charge is 0.280 e. The molecule has 0 amide bonds. The molecule has 4 unspecified atom stereocenters. The van der Waals surface area contributed by atoms with E-state index in [4.69, 9.17) is 5.73 Å². The molecule has 118 valence electrons. The maximum atomic E-state index is 12.6. The molecule has 1 saturated carbocycles. The van der Waals surface area contributed by atoms with Crippen molar-refractivity contribution in [2.24, 2.45) is 17.6 Å². The van der Waals surface area contributed by atoms with E-state index < -0.39 is 10.2 Å². The van der Waals surface area contributed by atoms with Crippen molar-refractivity contribution in [3.63, 3.8) is 0 Å². The molecule has 2 rings (SSSR count). The second-order valence-corrected chi connectivity index (χ2v) is 8.15. The third kappa shape index (κ3) is 3.53. The van der Waals surface area contributed by atoms with Gasteiger partial charge in [0, 0.05) is 25.2 Å². The van der Waals surface area contributed by atoms with Crippen LogP contribution in [-0.2, 0) is 10.2 Å². The number of piperidine rings is 1. The maximum absolute atomic E-state index is 12.6. The highest BCUT2D eigenvalue weighted by Crippen LogP contribution is 2.30. The van der Waals surface area contributed by atoms with Crippen LogP contribution in [0.25, 0.3) is 0 Å². The number of nitrogens with zero attached hydrogens (tertiary/aromatic N) is 1. The molecular formula is C14H29N3O2S. The van der Waals surface area contributed by atoms with E-state index >= 15 is 0 Å². The van der Waals surface area contributed by atoms with E-state index in [1.165, 1.54) is 6.42 Å². The Balaban J connectivity index is 2.06. The summed E-state index contributed by atoms with van der Waals surface area (Å²) in [5.74, 6) is 0.989. The van der Waals surface area contributed by atoms with E-state index in [2.05, 4.69) is 18.6 Å². The van der Waals surface area contributed by atoms with Gasteiger partial charge in [0.2, 0.25) is 0 Å². The van der Waals surface area contributed by atoms with Gasteiger partial charge in [0.1, 0.15) is 0 Å². The average Bonchev–Trinajstić information content (AvgIpc) is 2.43. The molecular weight excluding hydrogens is 274 g/mol. The zero-order valence-electron chi connectivity index (χ0n) is 12.7. The summed E-state index contributed by atoms with van der Waals surface area (Å²) in [5, 5.41) is 0. The molecule has 2 aliphatic rings. The monoisotopic (exact) mass is 303 g/mol. The minimum absolute atomic E-state index is 0.0300. The predicted octanol–water partition coefficient (Wildman–Crippen LogP) is 1.46. The molecule has 0 radical (unpaired) electrons. The lowest BCUT2D eigenvalue weighted by molar-refractivity contribution is 0.214. The highest BCUT2D eigenvalue weighted by atomic mass is 32.2. The zero-order valence-corrected chi connectivity index (χ0v) is 13.5. The molecule has 0 spiro atoms. The second-order valence-electron chi connectivity index (χ2n) is 6.49. The standard InChI is InChI=1S/C14H29N3O2S/c1-11-6-5-8-14(12(11)2)16-20(18,19)17-9-4-3-7-13(17)10-15/h11-14,16H,3-10,15H2,1-2H3. The molecule has 1 aliphatic carbocycles. The summed E-state index contributed by atoms with van der Waals surface area (Å²) in [6.45, 7) is 5.40. The minimum atomic E-state index is -3.40. The summed E-state index contributed by atoms with van der Waals surface area (Å²) in [6.07, 6.45) is 6.16.